The minimum atomic E-state index is 0.261. The number of nitrogens with zero attached hydrogens (tertiary/aromatic N) is 2. The van der Waals surface area contributed by atoms with E-state index in [9.17, 15) is 0 Å². The summed E-state index contributed by atoms with van der Waals surface area (Å²) in [6.07, 6.45) is 1.93. The zero-order chi connectivity index (χ0) is 9.14. The lowest BCUT2D eigenvalue weighted by Gasteiger charge is -2.04. The van der Waals surface area contributed by atoms with Gasteiger partial charge in [-0.05, 0) is 29.0 Å². The van der Waals surface area contributed by atoms with Crippen LogP contribution < -0.4 is 11.5 Å². The number of rotatable bonds is 2. The Labute approximate surface area is 84.9 Å². The summed E-state index contributed by atoms with van der Waals surface area (Å²) in [4.78, 5) is 7.96. The first-order valence-corrected chi connectivity index (χ1v) is 4.80. The maximum absolute atomic E-state index is 5.61. The van der Waals surface area contributed by atoms with Crippen molar-refractivity contribution in [1.29, 1.82) is 0 Å². The number of nitrogen functional groups attached to an aromatic ring is 2. The monoisotopic (exact) mass is 278 g/mol. The van der Waals surface area contributed by atoms with E-state index in [2.05, 4.69) is 39.5 Å². The predicted octanol–water partition coefficient (Wildman–Crippen LogP) is 1.20. The largest absolute Gasteiger partial charge is 0.383 e. The number of aromatic nitrogens is 2. The lowest BCUT2D eigenvalue weighted by Crippen LogP contribution is -2.06. The van der Waals surface area contributed by atoms with E-state index in [-0.39, 0.29) is 5.95 Å². The van der Waals surface area contributed by atoms with Crippen molar-refractivity contribution in [2.75, 3.05) is 11.5 Å². The molecule has 0 atom stereocenters. The van der Waals surface area contributed by atoms with Gasteiger partial charge in [-0.2, -0.15) is 4.98 Å². The maximum atomic E-state index is 5.61. The molecule has 0 aliphatic carbocycles. The molecule has 0 unspecified atom stereocenters. The average Bonchev–Trinajstić information content (AvgIpc) is 2.00. The Kier molecular flexibility index (Phi) is 3.07. The fourth-order valence-electron chi connectivity index (χ4n) is 0.935. The topological polar surface area (TPSA) is 77.8 Å². The molecule has 0 aliphatic heterocycles. The molecular weight excluding hydrogens is 267 g/mol. The van der Waals surface area contributed by atoms with E-state index in [4.69, 9.17) is 11.5 Å². The molecule has 1 rings (SSSR count). The molecule has 0 fully saturated rings. The zero-order valence-corrected chi connectivity index (χ0v) is 9.00. The van der Waals surface area contributed by atoms with Gasteiger partial charge in [-0.1, -0.05) is 13.3 Å². The Balaban J connectivity index is 3.09. The van der Waals surface area contributed by atoms with Crippen LogP contribution >= 0.6 is 22.6 Å². The van der Waals surface area contributed by atoms with Gasteiger partial charge in [0, 0.05) is 0 Å². The van der Waals surface area contributed by atoms with Crippen molar-refractivity contribution in [2.24, 2.45) is 0 Å². The molecule has 4 nitrogen and oxygen atoms in total. The lowest BCUT2D eigenvalue weighted by molar-refractivity contribution is 0.870. The van der Waals surface area contributed by atoms with Crippen LogP contribution in [0.3, 0.4) is 0 Å². The normalized spacial score (nSPS) is 10.2. The molecule has 0 amide bonds. The van der Waals surface area contributed by atoms with Crippen molar-refractivity contribution in [1.82, 2.24) is 9.97 Å². The SMILES string of the molecule is CCCc1nc(N)nc(N)c1I. The Morgan fingerprint density at radius 3 is 2.58 bits per heavy atom. The summed E-state index contributed by atoms with van der Waals surface area (Å²) in [5, 5.41) is 0. The van der Waals surface area contributed by atoms with E-state index >= 15 is 0 Å². The first-order valence-electron chi connectivity index (χ1n) is 3.72. The van der Waals surface area contributed by atoms with Crippen molar-refractivity contribution in [2.45, 2.75) is 19.8 Å². The van der Waals surface area contributed by atoms with Gasteiger partial charge in [0.05, 0.1) is 9.26 Å². The highest BCUT2D eigenvalue weighted by Gasteiger charge is 2.06. The van der Waals surface area contributed by atoms with Gasteiger partial charge in [0.25, 0.3) is 0 Å². The average molecular weight is 278 g/mol. The quantitative estimate of drug-likeness (QED) is 0.797. The summed E-state index contributed by atoms with van der Waals surface area (Å²) in [7, 11) is 0. The van der Waals surface area contributed by atoms with Crippen LogP contribution in [0.25, 0.3) is 0 Å². The highest BCUT2D eigenvalue weighted by atomic mass is 127. The molecule has 0 aromatic carbocycles. The third kappa shape index (κ3) is 1.96. The zero-order valence-electron chi connectivity index (χ0n) is 6.84. The first kappa shape index (κ1) is 9.50. The van der Waals surface area contributed by atoms with Crippen molar-refractivity contribution in [3.05, 3.63) is 9.26 Å². The molecule has 0 bridgehead atoms. The second-order valence-corrected chi connectivity index (χ2v) is 3.56. The third-order valence-corrected chi connectivity index (χ3v) is 2.62. The number of anilines is 2. The molecule has 4 N–H and O–H groups in total. The number of hydrogen-bond donors (Lipinski definition) is 2. The summed E-state index contributed by atoms with van der Waals surface area (Å²) >= 11 is 2.14. The molecular formula is C7H11IN4. The molecule has 1 aromatic heterocycles. The van der Waals surface area contributed by atoms with Crippen molar-refractivity contribution >= 4 is 34.4 Å². The van der Waals surface area contributed by atoms with Crippen molar-refractivity contribution < 1.29 is 0 Å². The van der Waals surface area contributed by atoms with Crippen LogP contribution in [0.1, 0.15) is 19.0 Å². The minimum absolute atomic E-state index is 0.261. The summed E-state index contributed by atoms with van der Waals surface area (Å²) in [5.41, 5.74) is 12.0. The molecule has 5 heteroatoms. The molecule has 12 heavy (non-hydrogen) atoms. The van der Waals surface area contributed by atoms with Gasteiger partial charge >= 0.3 is 0 Å². The van der Waals surface area contributed by atoms with Crippen LogP contribution in [0, 0.1) is 3.57 Å². The highest BCUT2D eigenvalue weighted by molar-refractivity contribution is 14.1. The van der Waals surface area contributed by atoms with Gasteiger partial charge in [-0.3, -0.25) is 0 Å². The van der Waals surface area contributed by atoms with Crippen LogP contribution in [0.15, 0.2) is 0 Å². The lowest BCUT2D eigenvalue weighted by atomic mass is 10.2. The third-order valence-electron chi connectivity index (χ3n) is 1.45. The van der Waals surface area contributed by atoms with Gasteiger partial charge in [0.15, 0.2) is 0 Å². The molecule has 0 saturated carbocycles. The van der Waals surface area contributed by atoms with Gasteiger partial charge in [0.1, 0.15) is 5.82 Å². The predicted molar refractivity (Wildman–Crippen MR) is 57.6 cm³/mol. The Bertz CT molecular complexity index is 287. The van der Waals surface area contributed by atoms with E-state index in [1.54, 1.807) is 0 Å². The smallest absolute Gasteiger partial charge is 0.222 e. The van der Waals surface area contributed by atoms with E-state index in [1.807, 2.05) is 0 Å². The minimum Gasteiger partial charge on any atom is -0.383 e. The molecule has 0 radical (unpaired) electrons. The Hall–Kier alpha value is -0.590. The Morgan fingerprint density at radius 1 is 1.33 bits per heavy atom. The summed E-state index contributed by atoms with van der Waals surface area (Å²) in [6, 6.07) is 0. The van der Waals surface area contributed by atoms with E-state index in [0.717, 1.165) is 22.1 Å². The molecule has 0 spiro atoms. The fraction of sp³-hybridized carbons (Fsp3) is 0.429. The second kappa shape index (κ2) is 3.88. The van der Waals surface area contributed by atoms with E-state index in [0.29, 0.717) is 5.82 Å². The standard InChI is InChI=1S/C7H11IN4/c1-2-3-4-5(8)6(9)12-7(10)11-4/h2-3H2,1H3,(H4,9,10,11,12). The van der Waals surface area contributed by atoms with Crippen LogP contribution in [-0.2, 0) is 6.42 Å². The fourth-order valence-corrected chi connectivity index (χ4v) is 1.45. The first-order chi connectivity index (χ1) is 5.65. The van der Waals surface area contributed by atoms with Gasteiger partial charge < -0.3 is 11.5 Å². The van der Waals surface area contributed by atoms with Crippen molar-refractivity contribution in [3.8, 4) is 0 Å². The van der Waals surface area contributed by atoms with Crippen LogP contribution in [-0.4, -0.2) is 9.97 Å². The van der Waals surface area contributed by atoms with E-state index < -0.39 is 0 Å². The van der Waals surface area contributed by atoms with Gasteiger partial charge in [-0.15, -0.1) is 0 Å². The van der Waals surface area contributed by atoms with Crippen molar-refractivity contribution in [3.63, 3.8) is 0 Å². The second-order valence-electron chi connectivity index (χ2n) is 2.48. The van der Waals surface area contributed by atoms with Crippen LogP contribution in [0.5, 0.6) is 0 Å². The number of hydrogen-bond acceptors (Lipinski definition) is 4. The summed E-state index contributed by atoms with van der Waals surface area (Å²) < 4.78 is 0.920. The van der Waals surface area contributed by atoms with Gasteiger partial charge in [0.2, 0.25) is 5.95 Å². The molecule has 66 valence electrons. The highest BCUT2D eigenvalue weighted by Crippen LogP contribution is 2.17. The number of halogens is 1. The number of nitrogens with two attached hydrogens (primary N) is 2. The number of aryl methyl sites for hydroxylation is 1. The molecule has 1 aromatic rings. The Morgan fingerprint density at radius 2 is 2.00 bits per heavy atom. The maximum Gasteiger partial charge on any atom is 0.222 e. The molecule has 0 saturated heterocycles. The molecule has 0 aliphatic rings. The van der Waals surface area contributed by atoms with Crippen LogP contribution in [0.4, 0.5) is 11.8 Å². The van der Waals surface area contributed by atoms with E-state index in [1.165, 1.54) is 0 Å². The summed E-state index contributed by atoms with van der Waals surface area (Å²) in [5.74, 6) is 0.739. The van der Waals surface area contributed by atoms with Gasteiger partial charge in [-0.25, -0.2) is 4.98 Å². The molecule has 1 heterocycles. The summed E-state index contributed by atoms with van der Waals surface area (Å²) in [6.45, 7) is 2.09. The van der Waals surface area contributed by atoms with Crippen LogP contribution in [0.2, 0.25) is 0 Å².